The van der Waals surface area contributed by atoms with Gasteiger partial charge in [-0.25, -0.2) is 4.99 Å². The molecule has 2 heterocycles. The van der Waals surface area contributed by atoms with E-state index >= 15 is 0 Å². The molecule has 0 radical (unpaired) electrons. The number of benzene rings is 2. The van der Waals surface area contributed by atoms with Gasteiger partial charge in [-0.3, -0.25) is 9.69 Å². The van der Waals surface area contributed by atoms with Crippen LogP contribution in [-0.2, 0) is 4.79 Å². The fraction of sp³-hybridized carbons (Fsp3) is 0.0870. The van der Waals surface area contributed by atoms with Crippen LogP contribution in [0.5, 0.6) is 0 Å². The fourth-order valence-corrected chi connectivity index (χ4v) is 3.95. The molecule has 142 valence electrons. The maximum atomic E-state index is 12.8. The van der Waals surface area contributed by atoms with Crippen LogP contribution in [0.3, 0.4) is 0 Å². The summed E-state index contributed by atoms with van der Waals surface area (Å²) in [5, 5.41) is 9.58. The highest BCUT2D eigenvalue weighted by Gasteiger charge is 2.32. The molecule has 2 aromatic carbocycles. The second-order valence-corrected chi connectivity index (χ2v) is 7.29. The second kappa shape index (κ2) is 8.21. The molecule has 6 heteroatoms. The first-order chi connectivity index (χ1) is 14.2. The average molecular weight is 399 g/mol. The van der Waals surface area contributed by atoms with Crippen molar-refractivity contribution in [1.29, 1.82) is 5.26 Å². The molecule has 1 fully saturated rings. The van der Waals surface area contributed by atoms with Crippen molar-refractivity contribution in [2.24, 2.45) is 4.99 Å². The molecule has 0 atom stereocenters. The standard InChI is InChI=1S/C23H17N3O2S/c1-2-26-22(27)21(29-23(26)25-18-6-4-3-5-7-18)14-19-12-13-20(28-19)17-10-8-16(15-24)9-11-17/h3-14H,2H2,1H3/b21-14-,25-23?. The number of thioether (sulfide) groups is 1. The van der Waals surface area contributed by atoms with Crippen LogP contribution in [0.15, 0.2) is 81.0 Å². The van der Waals surface area contributed by atoms with E-state index in [0.29, 0.717) is 33.7 Å². The number of hydrogen-bond donors (Lipinski definition) is 0. The Bertz CT molecular complexity index is 1140. The Labute approximate surface area is 173 Å². The summed E-state index contributed by atoms with van der Waals surface area (Å²) < 4.78 is 5.89. The number of amides is 1. The number of likely N-dealkylation sites (N-methyl/N-ethyl adjacent to an activating group) is 1. The van der Waals surface area contributed by atoms with Crippen LogP contribution in [0.2, 0.25) is 0 Å². The van der Waals surface area contributed by atoms with Crippen LogP contribution in [0.1, 0.15) is 18.2 Å². The number of hydrogen-bond acceptors (Lipinski definition) is 5. The highest BCUT2D eigenvalue weighted by molar-refractivity contribution is 8.18. The Morgan fingerprint density at radius 2 is 1.86 bits per heavy atom. The Morgan fingerprint density at radius 1 is 1.10 bits per heavy atom. The Hall–Kier alpha value is -3.56. The Morgan fingerprint density at radius 3 is 2.55 bits per heavy atom. The summed E-state index contributed by atoms with van der Waals surface area (Å²) in [7, 11) is 0. The summed E-state index contributed by atoms with van der Waals surface area (Å²) in [6.45, 7) is 2.47. The van der Waals surface area contributed by atoms with Gasteiger partial charge in [0.25, 0.3) is 5.91 Å². The molecule has 0 saturated carbocycles. The molecule has 1 amide bonds. The molecule has 0 bridgehead atoms. The molecule has 1 aromatic heterocycles. The van der Waals surface area contributed by atoms with Crippen LogP contribution in [-0.4, -0.2) is 22.5 Å². The number of carbonyl (C=O) groups excluding carboxylic acids is 1. The van der Waals surface area contributed by atoms with Gasteiger partial charge in [0.05, 0.1) is 22.2 Å². The topological polar surface area (TPSA) is 69.6 Å². The van der Waals surface area contributed by atoms with E-state index < -0.39 is 0 Å². The van der Waals surface area contributed by atoms with Crippen LogP contribution in [0.4, 0.5) is 5.69 Å². The number of para-hydroxylation sites is 1. The summed E-state index contributed by atoms with van der Waals surface area (Å²) in [6, 6.07) is 22.5. The molecule has 0 aliphatic carbocycles. The lowest BCUT2D eigenvalue weighted by molar-refractivity contribution is -0.122. The maximum Gasteiger partial charge on any atom is 0.266 e. The molecule has 29 heavy (non-hydrogen) atoms. The predicted molar refractivity (Wildman–Crippen MR) is 115 cm³/mol. The molecule has 1 aliphatic rings. The Balaban J connectivity index is 1.59. The summed E-state index contributed by atoms with van der Waals surface area (Å²) in [4.78, 5) is 19.6. The van der Waals surface area contributed by atoms with E-state index in [1.807, 2.05) is 61.5 Å². The first kappa shape index (κ1) is 18.8. The first-order valence-electron chi connectivity index (χ1n) is 9.13. The van der Waals surface area contributed by atoms with Gasteiger partial charge < -0.3 is 4.42 Å². The van der Waals surface area contributed by atoms with Gasteiger partial charge in [-0.1, -0.05) is 18.2 Å². The van der Waals surface area contributed by atoms with Crippen molar-refractivity contribution in [3.8, 4) is 17.4 Å². The van der Waals surface area contributed by atoms with Gasteiger partial charge in [-0.15, -0.1) is 0 Å². The highest BCUT2D eigenvalue weighted by atomic mass is 32.2. The molecule has 0 spiro atoms. The summed E-state index contributed by atoms with van der Waals surface area (Å²) >= 11 is 1.34. The number of aliphatic imine (C=N–C) groups is 1. The summed E-state index contributed by atoms with van der Waals surface area (Å²) in [5.41, 5.74) is 2.28. The van der Waals surface area contributed by atoms with Gasteiger partial charge >= 0.3 is 0 Å². The van der Waals surface area contributed by atoms with Gasteiger partial charge in [-0.2, -0.15) is 5.26 Å². The van der Waals surface area contributed by atoms with Crippen molar-refractivity contribution in [2.45, 2.75) is 6.92 Å². The third-order valence-electron chi connectivity index (χ3n) is 4.38. The monoisotopic (exact) mass is 399 g/mol. The van der Waals surface area contributed by atoms with Crippen molar-refractivity contribution >= 4 is 34.6 Å². The Kier molecular flexibility index (Phi) is 5.32. The zero-order valence-corrected chi connectivity index (χ0v) is 16.5. The molecule has 0 N–H and O–H groups in total. The molecule has 5 nitrogen and oxygen atoms in total. The quantitative estimate of drug-likeness (QED) is 0.548. The molecule has 1 saturated heterocycles. The first-order valence-corrected chi connectivity index (χ1v) is 9.95. The highest BCUT2D eigenvalue weighted by Crippen LogP contribution is 2.34. The number of nitrogens with zero attached hydrogens (tertiary/aromatic N) is 3. The zero-order valence-electron chi connectivity index (χ0n) is 15.7. The smallest absolute Gasteiger partial charge is 0.266 e. The lowest BCUT2D eigenvalue weighted by atomic mass is 10.1. The summed E-state index contributed by atoms with van der Waals surface area (Å²) in [6.07, 6.45) is 1.75. The van der Waals surface area contributed by atoms with Crippen molar-refractivity contribution in [1.82, 2.24) is 4.90 Å². The second-order valence-electron chi connectivity index (χ2n) is 6.28. The number of amidine groups is 1. The van der Waals surface area contributed by atoms with E-state index in [9.17, 15) is 4.79 Å². The van der Waals surface area contributed by atoms with Gasteiger partial charge in [0.2, 0.25) is 0 Å². The van der Waals surface area contributed by atoms with Crippen LogP contribution in [0, 0.1) is 11.3 Å². The number of furan rings is 1. The minimum Gasteiger partial charge on any atom is -0.457 e. The number of carbonyl (C=O) groups is 1. The van der Waals surface area contributed by atoms with E-state index in [4.69, 9.17) is 9.68 Å². The molecule has 0 unspecified atom stereocenters. The number of rotatable bonds is 4. The third kappa shape index (κ3) is 4.00. The lowest BCUT2D eigenvalue weighted by Crippen LogP contribution is -2.28. The van der Waals surface area contributed by atoms with E-state index in [1.54, 1.807) is 23.1 Å². The third-order valence-corrected chi connectivity index (χ3v) is 5.39. The van der Waals surface area contributed by atoms with Crippen molar-refractivity contribution in [3.63, 3.8) is 0 Å². The lowest BCUT2D eigenvalue weighted by Gasteiger charge is -2.11. The van der Waals surface area contributed by atoms with E-state index in [2.05, 4.69) is 11.1 Å². The van der Waals surface area contributed by atoms with Gasteiger partial charge in [0.15, 0.2) is 5.17 Å². The van der Waals surface area contributed by atoms with E-state index in [0.717, 1.165) is 11.3 Å². The molecule has 4 rings (SSSR count). The molecule has 3 aromatic rings. The maximum absolute atomic E-state index is 12.8. The molecular weight excluding hydrogens is 382 g/mol. The minimum absolute atomic E-state index is 0.0801. The van der Waals surface area contributed by atoms with Gasteiger partial charge in [0, 0.05) is 18.2 Å². The zero-order chi connectivity index (χ0) is 20.2. The van der Waals surface area contributed by atoms with Crippen LogP contribution >= 0.6 is 11.8 Å². The minimum atomic E-state index is -0.0801. The normalized spacial score (nSPS) is 16.6. The van der Waals surface area contributed by atoms with Crippen molar-refractivity contribution in [3.05, 3.63) is 83.0 Å². The molecule has 1 aliphatic heterocycles. The van der Waals surface area contributed by atoms with Crippen molar-refractivity contribution < 1.29 is 9.21 Å². The van der Waals surface area contributed by atoms with Crippen LogP contribution in [0.25, 0.3) is 17.4 Å². The predicted octanol–water partition coefficient (Wildman–Crippen LogP) is 5.44. The SMILES string of the molecule is CCN1C(=O)/C(=C/c2ccc(-c3ccc(C#N)cc3)o2)SC1=Nc1ccccc1. The summed E-state index contributed by atoms with van der Waals surface area (Å²) in [5.74, 6) is 1.20. The molecular formula is C23H17N3O2S. The van der Waals surface area contributed by atoms with Gasteiger partial charge in [-0.05, 0) is 67.2 Å². The van der Waals surface area contributed by atoms with E-state index in [-0.39, 0.29) is 5.91 Å². The largest absolute Gasteiger partial charge is 0.457 e. The van der Waals surface area contributed by atoms with Gasteiger partial charge in [0.1, 0.15) is 11.5 Å². The fourth-order valence-electron chi connectivity index (χ4n) is 2.91. The average Bonchev–Trinajstić information content (AvgIpc) is 3.34. The van der Waals surface area contributed by atoms with Crippen LogP contribution < -0.4 is 0 Å². The van der Waals surface area contributed by atoms with E-state index in [1.165, 1.54) is 11.8 Å². The number of nitriles is 1. The van der Waals surface area contributed by atoms with Crippen molar-refractivity contribution in [2.75, 3.05) is 6.54 Å².